The number of carbonyl (C=O) groups is 1. The Labute approximate surface area is 142 Å². The molecule has 2 aliphatic rings. The molecule has 0 aromatic heterocycles. The molecule has 3 atom stereocenters. The number of rotatable bonds is 6. The SMILES string of the molecule is CC(C)(C)OC[C@]12CCCC1[C@@H](COCC(=O)C(C)(C)C)CC2. The maximum Gasteiger partial charge on any atom is 0.163 e. The monoisotopic (exact) mass is 324 g/mol. The van der Waals surface area contributed by atoms with Crippen molar-refractivity contribution in [1.29, 1.82) is 0 Å². The quantitative estimate of drug-likeness (QED) is 0.714. The van der Waals surface area contributed by atoms with Crippen molar-refractivity contribution in [2.75, 3.05) is 19.8 Å². The van der Waals surface area contributed by atoms with Crippen LogP contribution in [0.1, 0.15) is 73.6 Å². The van der Waals surface area contributed by atoms with Gasteiger partial charge in [0.1, 0.15) is 6.61 Å². The summed E-state index contributed by atoms with van der Waals surface area (Å²) in [6, 6.07) is 0. The summed E-state index contributed by atoms with van der Waals surface area (Å²) in [5.41, 5.74) is 0.0122. The molecule has 3 nitrogen and oxygen atoms in total. The molecule has 1 unspecified atom stereocenters. The van der Waals surface area contributed by atoms with E-state index in [9.17, 15) is 4.79 Å². The second-order valence-corrected chi connectivity index (χ2v) is 9.75. The summed E-state index contributed by atoms with van der Waals surface area (Å²) in [6.45, 7) is 14.2. The lowest BCUT2D eigenvalue weighted by Gasteiger charge is -2.34. The fourth-order valence-corrected chi connectivity index (χ4v) is 4.22. The van der Waals surface area contributed by atoms with Crippen molar-refractivity contribution in [1.82, 2.24) is 0 Å². The molecule has 2 fully saturated rings. The van der Waals surface area contributed by atoms with Gasteiger partial charge in [-0.1, -0.05) is 27.2 Å². The molecule has 0 bridgehead atoms. The van der Waals surface area contributed by atoms with Crippen LogP contribution in [0, 0.1) is 22.7 Å². The van der Waals surface area contributed by atoms with Gasteiger partial charge in [0.25, 0.3) is 0 Å². The molecule has 0 aromatic rings. The van der Waals surface area contributed by atoms with Crippen molar-refractivity contribution < 1.29 is 14.3 Å². The van der Waals surface area contributed by atoms with Crippen molar-refractivity contribution in [3.63, 3.8) is 0 Å². The first-order chi connectivity index (χ1) is 10.5. The molecule has 0 aromatic carbocycles. The van der Waals surface area contributed by atoms with E-state index in [1.807, 2.05) is 20.8 Å². The van der Waals surface area contributed by atoms with Gasteiger partial charge >= 0.3 is 0 Å². The van der Waals surface area contributed by atoms with E-state index in [1.54, 1.807) is 0 Å². The maximum atomic E-state index is 12.0. The molecule has 0 aliphatic heterocycles. The number of carbonyl (C=O) groups excluding carboxylic acids is 1. The Hall–Kier alpha value is -0.410. The van der Waals surface area contributed by atoms with E-state index >= 15 is 0 Å². The summed E-state index contributed by atoms with van der Waals surface area (Å²) in [5, 5.41) is 0. The largest absolute Gasteiger partial charge is 0.375 e. The van der Waals surface area contributed by atoms with Crippen LogP contribution in [-0.4, -0.2) is 31.2 Å². The Morgan fingerprint density at radius 2 is 1.78 bits per heavy atom. The highest BCUT2D eigenvalue weighted by molar-refractivity contribution is 5.84. The van der Waals surface area contributed by atoms with Gasteiger partial charge in [0.05, 0.1) is 18.8 Å². The molecule has 0 amide bonds. The smallest absolute Gasteiger partial charge is 0.163 e. The zero-order chi connectivity index (χ0) is 17.3. The number of hydrogen-bond donors (Lipinski definition) is 0. The van der Waals surface area contributed by atoms with Gasteiger partial charge in [0.2, 0.25) is 0 Å². The van der Waals surface area contributed by atoms with Gasteiger partial charge in [-0.15, -0.1) is 0 Å². The van der Waals surface area contributed by atoms with E-state index in [0.717, 1.165) is 19.1 Å². The second kappa shape index (κ2) is 6.84. The molecule has 3 heteroatoms. The van der Waals surface area contributed by atoms with Crippen LogP contribution in [0.25, 0.3) is 0 Å². The van der Waals surface area contributed by atoms with Crippen molar-refractivity contribution in [3.05, 3.63) is 0 Å². The summed E-state index contributed by atoms with van der Waals surface area (Å²) in [6.07, 6.45) is 6.40. The molecule has 134 valence electrons. The molecule has 2 saturated carbocycles. The first kappa shape index (κ1) is 18.9. The Bertz CT molecular complexity index is 416. The van der Waals surface area contributed by atoms with E-state index < -0.39 is 0 Å². The lowest BCUT2D eigenvalue weighted by molar-refractivity contribution is -0.131. The fourth-order valence-electron chi connectivity index (χ4n) is 4.22. The minimum absolute atomic E-state index is 0.0599. The summed E-state index contributed by atoms with van der Waals surface area (Å²) < 4.78 is 12.0. The lowest BCUT2D eigenvalue weighted by atomic mass is 9.79. The highest BCUT2D eigenvalue weighted by Crippen LogP contribution is 2.57. The first-order valence-electron chi connectivity index (χ1n) is 9.29. The molecular formula is C20H36O3. The summed E-state index contributed by atoms with van der Waals surface area (Å²) in [4.78, 5) is 12.0. The van der Waals surface area contributed by atoms with Crippen LogP contribution in [0.15, 0.2) is 0 Å². The summed E-state index contributed by atoms with van der Waals surface area (Å²) in [7, 11) is 0. The molecule has 23 heavy (non-hydrogen) atoms. The van der Waals surface area contributed by atoms with E-state index in [4.69, 9.17) is 9.47 Å². The third-order valence-electron chi connectivity index (χ3n) is 5.75. The minimum Gasteiger partial charge on any atom is -0.375 e. The number of fused-ring (bicyclic) bond motifs is 1. The van der Waals surface area contributed by atoms with Crippen molar-refractivity contribution in [2.45, 2.75) is 79.2 Å². The van der Waals surface area contributed by atoms with Gasteiger partial charge in [-0.3, -0.25) is 4.79 Å². The Kier molecular flexibility index (Phi) is 5.62. The highest BCUT2D eigenvalue weighted by Gasteiger charge is 2.51. The maximum absolute atomic E-state index is 12.0. The number of ether oxygens (including phenoxy) is 2. The van der Waals surface area contributed by atoms with Gasteiger partial charge in [-0.2, -0.15) is 0 Å². The van der Waals surface area contributed by atoms with E-state index in [1.165, 1.54) is 32.1 Å². The molecule has 0 spiro atoms. The Morgan fingerprint density at radius 1 is 1.09 bits per heavy atom. The number of hydrogen-bond acceptors (Lipinski definition) is 3. The average molecular weight is 325 g/mol. The predicted octanol–water partition coefficient (Wildman–Crippen LogP) is 4.63. The third-order valence-corrected chi connectivity index (χ3v) is 5.75. The van der Waals surface area contributed by atoms with Crippen LogP contribution in [0.3, 0.4) is 0 Å². The topological polar surface area (TPSA) is 35.5 Å². The Morgan fingerprint density at radius 3 is 2.39 bits per heavy atom. The van der Waals surface area contributed by atoms with E-state index in [-0.39, 0.29) is 23.4 Å². The molecule has 2 rings (SSSR count). The van der Waals surface area contributed by atoms with Gasteiger partial charge < -0.3 is 9.47 Å². The molecular weight excluding hydrogens is 288 g/mol. The lowest BCUT2D eigenvalue weighted by Crippen LogP contribution is -2.34. The summed E-state index contributed by atoms with van der Waals surface area (Å²) in [5.74, 6) is 1.52. The van der Waals surface area contributed by atoms with Crippen LogP contribution in [0.4, 0.5) is 0 Å². The minimum atomic E-state index is -0.298. The summed E-state index contributed by atoms with van der Waals surface area (Å²) >= 11 is 0. The molecule has 0 heterocycles. The van der Waals surface area contributed by atoms with Gasteiger partial charge in [-0.05, 0) is 63.7 Å². The Balaban J connectivity index is 1.85. The fraction of sp³-hybridized carbons (Fsp3) is 0.950. The molecule has 2 aliphatic carbocycles. The zero-order valence-electron chi connectivity index (χ0n) is 16.0. The first-order valence-corrected chi connectivity index (χ1v) is 9.29. The molecule has 0 N–H and O–H groups in total. The van der Waals surface area contributed by atoms with Gasteiger partial charge in [0.15, 0.2) is 5.78 Å². The van der Waals surface area contributed by atoms with Gasteiger partial charge in [-0.25, -0.2) is 0 Å². The molecule has 0 saturated heterocycles. The van der Waals surface area contributed by atoms with Crippen molar-refractivity contribution >= 4 is 5.78 Å². The van der Waals surface area contributed by atoms with Gasteiger partial charge in [0, 0.05) is 5.41 Å². The highest BCUT2D eigenvalue weighted by atomic mass is 16.5. The van der Waals surface area contributed by atoms with Crippen LogP contribution in [-0.2, 0) is 14.3 Å². The number of ketones is 1. The second-order valence-electron chi connectivity index (χ2n) is 9.75. The number of Topliss-reactive ketones (excluding diaryl/α,β-unsaturated/α-hetero) is 1. The average Bonchev–Trinajstić information content (AvgIpc) is 2.95. The standard InChI is InChI=1S/C20H36O3/c1-18(2,3)17(21)13-22-12-15-9-11-20(10-7-8-16(15)20)14-23-19(4,5)6/h15-16H,7-14H2,1-6H3/t15-,16?,20-/m1/s1. The van der Waals surface area contributed by atoms with E-state index in [2.05, 4.69) is 20.8 Å². The molecule has 0 radical (unpaired) electrons. The van der Waals surface area contributed by atoms with Crippen LogP contribution >= 0.6 is 0 Å². The van der Waals surface area contributed by atoms with Crippen LogP contribution in [0.2, 0.25) is 0 Å². The normalized spacial score (nSPS) is 31.4. The van der Waals surface area contributed by atoms with Crippen LogP contribution < -0.4 is 0 Å². The van der Waals surface area contributed by atoms with Crippen LogP contribution in [0.5, 0.6) is 0 Å². The van der Waals surface area contributed by atoms with Crippen molar-refractivity contribution in [2.24, 2.45) is 22.7 Å². The third kappa shape index (κ3) is 4.79. The predicted molar refractivity (Wildman–Crippen MR) is 93.5 cm³/mol. The zero-order valence-corrected chi connectivity index (χ0v) is 16.0. The van der Waals surface area contributed by atoms with E-state index in [0.29, 0.717) is 11.3 Å². The van der Waals surface area contributed by atoms with Crippen molar-refractivity contribution in [3.8, 4) is 0 Å².